The summed E-state index contributed by atoms with van der Waals surface area (Å²) in [6.07, 6.45) is 0. The molecular formula is C19H18FN3O4S. The number of hydrogen-bond acceptors (Lipinski definition) is 4. The Morgan fingerprint density at radius 2 is 1.79 bits per heavy atom. The Morgan fingerprint density at radius 1 is 1.11 bits per heavy atom. The number of amides is 2. The van der Waals surface area contributed by atoms with E-state index in [-0.39, 0.29) is 13.1 Å². The second kappa shape index (κ2) is 6.39. The van der Waals surface area contributed by atoms with E-state index in [0.29, 0.717) is 11.3 Å². The number of para-hydroxylation sites is 1. The molecule has 2 N–H and O–H groups in total. The third-order valence-corrected chi connectivity index (χ3v) is 7.10. The molecule has 146 valence electrons. The van der Waals surface area contributed by atoms with E-state index >= 15 is 0 Å². The van der Waals surface area contributed by atoms with E-state index in [2.05, 4.69) is 10.6 Å². The second-order valence-corrected chi connectivity index (χ2v) is 9.09. The molecule has 7 nitrogen and oxygen atoms in total. The number of halogens is 1. The molecule has 1 fully saturated rings. The lowest BCUT2D eigenvalue weighted by atomic mass is 9.86. The first-order valence-corrected chi connectivity index (χ1v) is 10.1. The van der Waals surface area contributed by atoms with Crippen molar-refractivity contribution in [2.24, 2.45) is 5.92 Å². The molecule has 0 bridgehead atoms. The highest BCUT2D eigenvalue weighted by Gasteiger charge is 2.52. The lowest BCUT2D eigenvalue weighted by Gasteiger charge is -2.33. The van der Waals surface area contributed by atoms with Gasteiger partial charge in [-0.2, -0.15) is 4.31 Å². The first-order chi connectivity index (χ1) is 13.2. The Balaban J connectivity index is 1.72. The van der Waals surface area contributed by atoms with E-state index in [1.165, 1.54) is 18.2 Å². The van der Waals surface area contributed by atoms with E-state index in [9.17, 15) is 22.4 Å². The summed E-state index contributed by atoms with van der Waals surface area (Å²) in [5.74, 6) is -2.50. The zero-order valence-electron chi connectivity index (χ0n) is 15.0. The average molecular weight is 403 g/mol. The molecule has 2 heterocycles. The predicted octanol–water partition coefficient (Wildman–Crippen LogP) is 1.59. The van der Waals surface area contributed by atoms with Gasteiger partial charge in [-0.1, -0.05) is 24.3 Å². The molecule has 0 unspecified atom stereocenters. The van der Waals surface area contributed by atoms with E-state index < -0.39 is 44.0 Å². The van der Waals surface area contributed by atoms with Crippen LogP contribution in [-0.4, -0.2) is 43.2 Å². The SMILES string of the molecule is C[C@]12CN(S(=O)(=O)c3ccccc3F)C[C@H]1C(=O)Nc1ccccc1C(=O)N2. The van der Waals surface area contributed by atoms with Gasteiger partial charge in [-0.25, -0.2) is 12.8 Å². The lowest BCUT2D eigenvalue weighted by Crippen LogP contribution is -2.56. The molecule has 1 saturated heterocycles. The zero-order chi connectivity index (χ0) is 20.1. The predicted molar refractivity (Wildman–Crippen MR) is 99.6 cm³/mol. The molecule has 0 radical (unpaired) electrons. The van der Waals surface area contributed by atoms with Crippen molar-refractivity contribution in [1.29, 1.82) is 0 Å². The largest absolute Gasteiger partial charge is 0.345 e. The highest BCUT2D eigenvalue weighted by atomic mass is 32.2. The molecule has 2 aliphatic rings. The zero-order valence-corrected chi connectivity index (χ0v) is 15.8. The molecule has 28 heavy (non-hydrogen) atoms. The highest BCUT2D eigenvalue weighted by molar-refractivity contribution is 7.89. The third-order valence-electron chi connectivity index (χ3n) is 5.26. The molecule has 0 spiro atoms. The van der Waals surface area contributed by atoms with Crippen LogP contribution in [0.4, 0.5) is 10.1 Å². The summed E-state index contributed by atoms with van der Waals surface area (Å²) < 4.78 is 41.1. The first-order valence-electron chi connectivity index (χ1n) is 8.69. The standard InChI is InChI=1S/C19H18FN3O4S/c1-19-11-23(28(26,27)16-9-5-3-7-14(16)20)10-13(19)18(25)21-15-8-4-2-6-12(15)17(24)22-19/h2-9,13H,10-11H2,1H3,(H,21,25)(H,22,24)/t13-,19-/m0/s1. The molecule has 0 aliphatic carbocycles. The van der Waals surface area contributed by atoms with Crippen molar-refractivity contribution in [2.75, 3.05) is 18.4 Å². The molecule has 0 aromatic heterocycles. The fourth-order valence-corrected chi connectivity index (χ4v) is 5.38. The quantitative estimate of drug-likeness (QED) is 0.796. The van der Waals surface area contributed by atoms with Gasteiger partial charge in [0.2, 0.25) is 15.9 Å². The van der Waals surface area contributed by atoms with Crippen LogP contribution >= 0.6 is 0 Å². The number of nitrogens with zero attached hydrogens (tertiary/aromatic N) is 1. The number of hydrogen-bond donors (Lipinski definition) is 2. The third kappa shape index (κ3) is 2.87. The Morgan fingerprint density at radius 3 is 2.54 bits per heavy atom. The number of sulfonamides is 1. The van der Waals surface area contributed by atoms with Gasteiger partial charge in [0.1, 0.15) is 10.7 Å². The van der Waals surface area contributed by atoms with Crippen LogP contribution in [0.5, 0.6) is 0 Å². The maximum atomic E-state index is 14.1. The number of anilines is 1. The minimum atomic E-state index is -4.17. The van der Waals surface area contributed by atoms with Crippen molar-refractivity contribution in [3.05, 3.63) is 59.9 Å². The van der Waals surface area contributed by atoms with Gasteiger partial charge in [-0.05, 0) is 31.2 Å². The van der Waals surface area contributed by atoms with Gasteiger partial charge >= 0.3 is 0 Å². The lowest BCUT2D eigenvalue weighted by molar-refractivity contribution is -0.120. The topological polar surface area (TPSA) is 95.6 Å². The summed E-state index contributed by atoms with van der Waals surface area (Å²) >= 11 is 0. The molecule has 0 saturated carbocycles. The van der Waals surface area contributed by atoms with Crippen LogP contribution in [-0.2, 0) is 14.8 Å². The van der Waals surface area contributed by atoms with Crippen molar-refractivity contribution < 1.29 is 22.4 Å². The van der Waals surface area contributed by atoms with E-state index in [4.69, 9.17) is 0 Å². The summed E-state index contributed by atoms with van der Waals surface area (Å²) in [4.78, 5) is 25.1. The van der Waals surface area contributed by atoms with E-state index in [0.717, 1.165) is 10.4 Å². The molecule has 2 aliphatic heterocycles. The van der Waals surface area contributed by atoms with Crippen LogP contribution in [0.1, 0.15) is 17.3 Å². The summed E-state index contributed by atoms with van der Waals surface area (Å²) in [7, 11) is -4.17. The molecular weight excluding hydrogens is 385 g/mol. The van der Waals surface area contributed by atoms with E-state index in [1.54, 1.807) is 31.2 Å². The van der Waals surface area contributed by atoms with Crippen molar-refractivity contribution in [1.82, 2.24) is 9.62 Å². The van der Waals surface area contributed by atoms with Gasteiger partial charge in [-0.3, -0.25) is 9.59 Å². The van der Waals surface area contributed by atoms with Gasteiger partial charge < -0.3 is 10.6 Å². The van der Waals surface area contributed by atoms with Gasteiger partial charge in [0, 0.05) is 13.1 Å². The van der Waals surface area contributed by atoms with Gasteiger partial charge in [-0.15, -0.1) is 0 Å². The Bertz CT molecular complexity index is 1090. The smallest absolute Gasteiger partial charge is 0.253 e. The molecule has 2 atom stereocenters. The Kier molecular flexibility index (Phi) is 4.24. The minimum Gasteiger partial charge on any atom is -0.345 e. The Hall–Kier alpha value is -2.78. The highest BCUT2D eigenvalue weighted by Crippen LogP contribution is 2.35. The number of carbonyl (C=O) groups excluding carboxylic acids is 2. The normalized spacial score (nSPS) is 25.1. The number of fused-ring (bicyclic) bond motifs is 2. The molecule has 2 aromatic carbocycles. The first kappa shape index (κ1) is 18.6. The summed E-state index contributed by atoms with van der Waals surface area (Å²) in [6, 6.07) is 11.6. The van der Waals surface area contributed by atoms with Crippen molar-refractivity contribution in [3.63, 3.8) is 0 Å². The fourth-order valence-electron chi connectivity index (χ4n) is 3.76. The van der Waals surface area contributed by atoms with Gasteiger partial charge in [0.25, 0.3) is 5.91 Å². The van der Waals surface area contributed by atoms with Crippen LogP contribution in [0, 0.1) is 11.7 Å². The van der Waals surface area contributed by atoms with Crippen LogP contribution in [0.3, 0.4) is 0 Å². The summed E-state index contributed by atoms with van der Waals surface area (Å²) in [6.45, 7) is 1.32. The maximum absolute atomic E-state index is 14.1. The second-order valence-electron chi connectivity index (χ2n) is 7.19. The van der Waals surface area contributed by atoms with Crippen molar-refractivity contribution in [2.45, 2.75) is 17.4 Å². The van der Waals surface area contributed by atoms with Gasteiger partial charge in [0.05, 0.1) is 22.7 Å². The Labute approximate surface area is 161 Å². The molecule has 9 heteroatoms. The van der Waals surface area contributed by atoms with Crippen LogP contribution in [0.2, 0.25) is 0 Å². The average Bonchev–Trinajstić information content (AvgIpc) is 2.99. The molecule has 2 amide bonds. The number of nitrogens with one attached hydrogen (secondary N) is 2. The number of rotatable bonds is 2. The van der Waals surface area contributed by atoms with Crippen LogP contribution in [0.25, 0.3) is 0 Å². The minimum absolute atomic E-state index is 0.143. The van der Waals surface area contributed by atoms with Gasteiger partial charge in [0.15, 0.2) is 0 Å². The van der Waals surface area contributed by atoms with E-state index in [1.807, 2.05) is 0 Å². The van der Waals surface area contributed by atoms with Crippen molar-refractivity contribution in [3.8, 4) is 0 Å². The number of benzene rings is 2. The summed E-state index contributed by atoms with van der Waals surface area (Å²) in [5, 5.41) is 5.53. The van der Waals surface area contributed by atoms with Crippen LogP contribution in [0.15, 0.2) is 53.4 Å². The fraction of sp³-hybridized carbons (Fsp3) is 0.263. The maximum Gasteiger partial charge on any atom is 0.253 e. The van der Waals surface area contributed by atoms with Crippen LogP contribution < -0.4 is 10.6 Å². The molecule has 2 aromatic rings. The van der Waals surface area contributed by atoms with Crippen molar-refractivity contribution >= 4 is 27.5 Å². The summed E-state index contributed by atoms with van der Waals surface area (Å²) in [5.41, 5.74) is -0.471. The number of carbonyl (C=O) groups is 2. The monoisotopic (exact) mass is 403 g/mol. The molecule has 4 rings (SSSR count).